The van der Waals surface area contributed by atoms with Gasteiger partial charge in [-0.3, -0.25) is 0 Å². The normalized spacial score (nSPS) is 15.1. The first kappa shape index (κ1) is 10.7. The zero-order valence-corrected chi connectivity index (χ0v) is 10.5. The zero-order valence-electron chi connectivity index (χ0n) is 8.90. The highest BCUT2D eigenvalue weighted by Gasteiger charge is 2.24. The first-order valence-electron chi connectivity index (χ1n) is 4.98. The summed E-state index contributed by atoms with van der Waals surface area (Å²) in [6.07, 6.45) is 4.39. The minimum atomic E-state index is 0.586. The zero-order chi connectivity index (χ0) is 10.8. The van der Waals surface area contributed by atoms with E-state index in [1.165, 1.54) is 12.8 Å². The van der Waals surface area contributed by atoms with Gasteiger partial charge in [0, 0.05) is 13.6 Å². The van der Waals surface area contributed by atoms with Crippen molar-refractivity contribution in [3.05, 3.63) is 10.7 Å². The molecule has 0 saturated heterocycles. The van der Waals surface area contributed by atoms with Crippen LogP contribution < -0.4 is 9.64 Å². The predicted octanol–water partition coefficient (Wildman–Crippen LogP) is 2.09. The third-order valence-corrected chi connectivity index (χ3v) is 3.01. The Morgan fingerprint density at radius 3 is 2.93 bits per heavy atom. The molecule has 1 fully saturated rings. The number of anilines is 1. The first-order valence-corrected chi connectivity index (χ1v) is 5.77. The molecule has 1 saturated carbocycles. The average molecular weight is 272 g/mol. The van der Waals surface area contributed by atoms with E-state index in [-0.39, 0.29) is 0 Å². The van der Waals surface area contributed by atoms with Crippen molar-refractivity contribution in [1.82, 2.24) is 9.97 Å². The summed E-state index contributed by atoms with van der Waals surface area (Å²) in [5.74, 6) is 2.14. The molecule has 0 aromatic carbocycles. The summed E-state index contributed by atoms with van der Waals surface area (Å²) in [7, 11) is 3.62. The summed E-state index contributed by atoms with van der Waals surface area (Å²) in [5, 5.41) is 0. The highest BCUT2D eigenvalue weighted by atomic mass is 79.9. The van der Waals surface area contributed by atoms with Gasteiger partial charge in [0.05, 0.1) is 17.8 Å². The van der Waals surface area contributed by atoms with Crippen LogP contribution in [0.2, 0.25) is 0 Å². The third kappa shape index (κ3) is 2.59. The maximum absolute atomic E-state index is 5.13. The molecule has 0 aliphatic heterocycles. The van der Waals surface area contributed by atoms with E-state index in [4.69, 9.17) is 4.74 Å². The van der Waals surface area contributed by atoms with Gasteiger partial charge in [-0.25, -0.2) is 4.98 Å². The predicted molar refractivity (Wildman–Crippen MR) is 62.3 cm³/mol. The Morgan fingerprint density at radius 2 is 2.33 bits per heavy atom. The third-order valence-electron chi connectivity index (χ3n) is 2.46. The van der Waals surface area contributed by atoms with Crippen LogP contribution in [0.25, 0.3) is 0 Å². The van der Waals surface area contributed by atoms with E-state index in [9.17, 15) is 0 Å². The van der Waals surface area contributed by atoms with Crippen molar-refractivity contribution in [3.63, 3.8) is 0 Å². The molecule has 2 rings (SSSR count). The second-order valence-electron chi connectivity index (χ2n) is 3.85. The van der Waals surface area contributed by atoms with Crippen LogP contribution in [0.3, 0.4) is 0 Å². The molecular weight excluding hydrogens is 258 g/mol. The van der Waals surface area contributed by atoms with E-state index in [1.54, 1.807) is 13.3 Å². The van der Waals surface area contributed by atoms with Gasteiger partial charge < -0.3 is 9.64 Å². The quantitative estimate of drug-likeness (QED) is 0.841. The molecule has 1 aliphatic rings. The van der Waals surface area contributed by atoms with Gasteiger partial charge in [0.25, 0.3) is 0 Å². The van der Waals surface area contributed by atoms with Crippen molar-refractivity contribution in [1.29, 1.82) is 0 Å². The fourth-order valence-electron chi connectivity index (χ4n) is 1.44. The average Bonchev–Trinajstić information content (AvgIpc) is 3.02. The molecule has 82 valence electrons. The number of halogens is 1. The molecular formula is C10H14BrN3O. The van der Waals surface area contributed by atoms with E-state index >= 15 is 0 Å². The number of aromatic nitrogens is 2. The molecule has 4 nitrogen and oxygen atoms in total. The highest BCUT2D eigenvalue weighted by molar-refractivity contribution is 9.10. The number of rotatable bonds is 4. The van der Waals surface area contributed by atoms with Crippen LogP contribution in [0.5, 0.6) is 5.88 Å². The summed E-state index contributed by atoms with van der Waals surface area (Å²) in [6.45, 7) is 1.03. The SMILES string of the molecule is COc1nc(N(C)CC2CC2)ncc1Br. The van der Waals surface area contributed by atoms with Gasteiger partial charge in [-0.2, -0.15) is 4.98 Å². The molecule has 0 spiro atoms. The lowest BCUT2D eigenvalue weighted by molar-refractivity contribution is 0.394. The fourth-order valence-corrected chi connectivity index (χ4v) is 1.79. The summed E-state index contributed by atoms with van der Waals surface area (Å²) in [5.41, 5.74) is 0. The Kier molecular flexibility index (Phi) is 3.09. The van der Waals surface area contributed by atoms with Gasteiger partial charge in [0.15, 0.2) is 0 Å². The molecule has 0 atom stereocenters. The number of ether oxygens (including phenoxy) is 1. The van der Waals surface area contributed by atoms with Crippen LogP contribution in [-0.2, 0) is 0 Å². The Morgan fingerprint density at radius 1 is 1.60 bits per heavy atom. The molecule has 0 N–H and O–H groups in total. The number of hydrogen-bond acceptors (Lipinski definition) is 4. The van der Waals surface area contributed by atoms with Crippen molar-refractivity contribution in [2.75, 3.05) is 25.6 Å². The maximum atomic E-state index is 5.13. The molecule has 0 radical (unpaired) electrons. The van der Waals surface area contributed by atoms with E-state index in [1.807, 2.05) is 7.05 Å². The van der Waals surface area contributed by atoms with Gasteiger partial charge in [0.2, 0.25) is 11.8 Å². The molecule has 0 bridgehead atoms. The van der Waals surface area contributed by atoms with Gasteiger partial charge >= 0.3 is 0 Å². The number of hydrogen-bond donors (Lipinski definition) is 0. The molecule has 0 amide bonds. The molecule has 0 unspecified atom stereocenters. The van der Waals surface area contributed by atoms with E-state index in [0.717, 1.165) is 22.9 Å². The minimum absolute atomic E-state index is 0.586. The van der Waals surface area contributed by atoms with E-state index in [2.05, 4.69) is 30.8 Å². The fraction of sp³-hybridized carbons (Fsp3) is 0.600. The standard InChI is InChI=1S/C10H14BrN3O/c1-14(6-7-3-4-7)10-12-5-8(11)9(13-10)15-2/h5,7H,3-4,6H2,1-2H3. The number of methoxy groups -OCH3 is 1. The van der Waals surface area contributed by atoms with Gasteiger partial charge in [-0.15, -0.1) is 0 Å². The lowest BCUT2D eigenvalue weighted by Gasteiger charge is -2.16. The Hall–Kier alpha value is -0.840. The van der Waals surface area contributed by atoms with Crippen molar-refractivity contribution < 1.29 is 4.74 Å². The number of nitrogens with zero attached hydrogens (tertiary/aromatic N) is 3. The van der Waals surface area contributed by atoms with Crippen molar-refractivity contribution in [3.8, 4) is 5.88 Å². The van der Waals surface area contributed by atoms with Gasteiger partial charge in [-0.05, 0) is 34.7 Å². The summed E-state index contributed by atoms with van der Waals surface area (Å²) >= 11 is 3.33. The Bertz CT molecular complexity index is 355. The topological polar surface area (TPSA) is 38.2 Å². The van der Waals surface area contributed by atoms with Gasteiger partial charge in [-0.1, -0.05) is 0 Å². The molecule has 15 heavy (non-hydrogen) atoms. The van der Waals surface area contributed by atoms with Crippen molar-refractivity contribution >= 4 is 21.9 Å². The summed E-state index contributed by atoms with van der Waals surface area (Å²) < 4.78 is 5.92. The molecule has 1 aliphatic carbocycles. The van der Waals surface area contributed by atoms with Crippen LogP contribution in [0, 0.1) is 5.92 Å². The lowest BCUT2D eigenvalue weighted by Crippen LogP contribution is -2.22. The highest BCUT2D eigenvalue weighted by Crippen LogP contribution is 2.30. The van der Waals surface area contributed by atoms with E-state index in [0.29, 0.717) is 5.88 Å². The van der Waals surface area contributed by atoms with Crippen LogP contribution >= 0.6 is 15.9 Å². The van der Waals surface area contributed by atoms with Gasteiger partial charge in [0.1, 0.15) is 0 Å². The first-order chi connectivity index (χ1) is 7.20. The van der Waals surface area contributed by atoms with Crippen LogP contribution in [-0.4, -0.2) is 30.7 Å². The largest absolute Gasteiger partial charge is 0.480 e. The second kappa shape index (κ2) is 4.35. The minimum Gasteiger partial charge on any atom is -0.480 e. The van der Waals surface area contributed by atoms with Crippen molar-refractivity contribution in [2.24, 2.45) is 5.92 Å². The maximum Gasteiger partial charge on any atom is 0.232 e. The lowest BCUT2D eigenvalue weighted by atomic mass is 10.4. The Balaban J connectivity index is 2.12. The van der Waals surface area contributed by atoms with Crippen LogP contribution in [0.15, 0.2) is 10.7 Å². The second-order valence-corrected chi connectivity index (χ2v) is 4.71. The molecule has 5 heteroatoms. The molecule has 1 aromatic rings. The Labute approximate surface area is 97.8 Å². The van der Waals surface area contributed by atoms with Crippen LogP contribution in [0.4, 0.5) is 5.95 Å². The summed E-state index contributed by atoms with van der Waals surface area (Å²) in [4.78, 5) is 10.6. The van der Waals surface area contributed by atoms with Crippen LogP contribution in [0.1, 0.15) is 12.8 Å². The molecule has 1 aromatic heterocycles. The summed E-state index contributed by atoms with van der Waals surface area (Å²) in [6, 6.07) is 0. The smallest absolute Gasteiger partial charge is 0.232 e. The monoisotopic (exact) mass is 271 g/mol. The van der Waals surface area contributed by atoms with E-state index < -0.39 is 0 Å². The van der Waals surface area contributed by atoms with Crippen molar-refractivity contribution in [2.45, 2.75) is 12.8 Å². The molecule has 1 heterocycles.